The third kappa shape index (κ3) is 4.27. The molecule has 0 bridgehead atoms. The number of oxime groups is 1. The maximum atomic E-state index is 5.93. The van der Waals surface area contributed by atoms with Crippen molar-refractivity contribution in [3.8, 4) is 0 Å². The Balaban J connectivity index is 1.97. The van der Waals surface area contributed by atoms with Crippen LogP contribution >= 0.6 is 23.2 Å². The van der Waals surface area contributed by atoms with Gasteiger partial charge >= 0.3 is 0 Å². The van der Waals surface area contributed by atoms with Crippen molar-refractivity contribution in [1.29, 1.82) is 0 Å². The van der Waals surface area contributed by atoms with Gasteiger partial charge in [0.1, 0.15) is 6.61 Å². The predicted molar refractivity (Wildman–Crippen MR) is 79.9 cm³/mol. The molecule has 0 heterocycles. The smallest absolute Gasteiger partial charge is 0.142 e. The van der Waals surface area contributed by atoms with E-state index in [1.807, 2.05) is 55.5 Å². The molecule has 0 atom stereocenters. The van der Waals surface area contributed by atoms with Crippen LogP contribution in [0.15, 0.2) is 53.7 Å². The minimum Gasteiger partial charge on any atom is -0.391 e. The maximum Gasteiger partial charge on any atom is 0.142 e. The minimum absolute atomic E-state index is 0.412. The highest BCUT2D eigenvalue weighted by Gasteiger charge is 1.99. The van der Waals surface area contributed by atoms with Crippen molar-refractivity contribution in [3.05, 3.63) is 69.7 Å². The van der Waals surface area contributed by atoms with Gasteiger partial charge in [0.2, 0.25) is 0 Å². The summed E-state index contributed by atoms with van der Waals surface area (Å²) in [6.07, 6.45) is 0. The fourth-order valence-electron chi connectivity index (χ4n) is 1.55. The Hall–Kier alpha value is -1.51. The molecule has 2 aromatic carbocycles. The van der Waals surface area contributed by atoms with E-state index < -0.39 is 0 Å². The minimum atomic E-state index is 0.412. The molecule has 0 spiro atoms. The summed E-state index contributed by atoms with van der Waals surface area (Å²) in [5.74, 6) is 0. The molecular weight excluding hydrogens is 281 g/mol. The molecule has 0 aliphatic carbocycles. The van der Waals surface area contributed by atoms with Crippen molar-refractivity contribution in [2.45, 2.75) is 13.5 Å². The molecule has 0 aliphatic heterocycles. The van der Waals surface area contributed by atoms with E-state index in [2.05, 4.69) is 5.16 Å². The fourth-order valence-corrected chi connectivity index (χ4v) is 1.87. The topological polar surface area (TPSA) is 21.6 Å². The molecule has 0 radical (unpaired) electrons. The fraction of sp³-hybridized carbons (Fsp3) is 0.133. The molecule has 0 saturated heterocycles. The first kappa shape index (κ1) is 13.9. The Bertz CT molecular complexity index is 579. The van der Waals surface area contributed by atoms with Gasteiger partial charge in [-0.15, -0.1) is 0 Å². The zero-order valence-corrected chi connectivity index (χ0v) is 11.9. The van der Waals surface area contributed by atoms with Crippen LogP contribution in [0.25, 0.3) is 0 Å². The molecule has 0 unspecified atom stereocenters. The van der Waals surface area contributed by atoms with Gasteiger partial charge in [0.25, 0.3) is 0 Å². The van der Waals surface area contributed by atoms with Gasteiger partial charge in [0.05, 0.1) is 5.71 Å². The molecule has 98 valence electrons. The molecule has 0 saturated carbocycles. The third-order valence-electron chi connectivity index (χ3n) is 2.59. The average molecular weight is 294 g/mol. The standard InChI is InChI=1S/C15H13Cl2NO/c1-11(13-3-2-4-15(17)9-13)18-19-10-12-5-7-14(16)8-6-12/h2-9H,10H2,1H3/b18-11+. The van der Waals surface area contributed by atoms with E-state index in [-0.39, 0.29) is 0 Å². The zero-order valence-electron chi connectivity index (χ0n) is 10.4. The Morgan fingerprint density at radius 2 is 1.79 bits per heavy atom. The molecular formula is C15H13Cl2NO. The van der Waals surface area contributed by atoms with Gasteiger partial charge in [0, 0.05) is 15.6 Å². The second-order valence-corrected chi connectivity index (χ2v) is 4.96. The van der Waals surface area contributed by atoms with Crippen LogP contribution in [-0.2, 0) is 11.4 Å². The van der Waals surface area contributed by atoms with Crippen molar-refractivity contribution in [2.24, 2.45) is 5.16 Å². The predicted octanol–water partition coefficient (Wildman–Crippen LogP) is 4.93. The Kier molecular flexibility index (Phi) is 4.83. The van der Waals surface area contributed by atoms with Crippen molar-refractivity contribution in [3.63, 3.8) is 0 Å². The quantitative estimate of drug-likeness (QED) is 0.578. The lowest BCUT2D eigenvalue weighted by molar-refractivity contribution is 0.130. The lowest BCUT2D eigenvalue weighted by Gasteiger charge is -2.03. The lowest BCUT2D eigenvalue weighted by atomic mass is 10.1. The average Bonchev–Trinajstić information content (AvgIpc) is 2.41. The first-order chi connectivity index (χ1) is 9.15. The van der Waals surface area contributed by atoms with Crippen LogP contribution in [0.5, 0.6) is 0 Å². The zero-order chi connectivity index (χ0) is 13.7. The highest BCUT2D eigenvalue weighted by Crippen LogP contribution is 2.13. The van der Waals surface area contributed by atoms with E-state index in [0.29, 0.717) is 16.7 Å². The Morgan fingerprint density at radius 1 is 1.05 bits per heavy atom. The molecule has 0 amide bonds. The summed E-state index contributed by atoms with van der Waals surface area (Å²) in [5, 5.41) is 5.47. The highest BCUT2D eigenvalue weighted by molar-refractivity contribution is 6.31. The van der Waals surface area contributed by atoms with Crippen LogP contribution in [0.3, 0.4) is 0 Å². The molecule has 19 heavy (non-hydrogen) atoms. The van der Waals surface area contributed by atoms with Gasteiger partial charge in [-0.1, -0.05) is 52.6 Å². The largest absolute Gasteiger partial charge is 0.391 e. The molecule has 2 aromatic rings. The molecule has 2 nitrogen and oxygen atoms in total. The third-order valence-corrected chi connectivity index (χ3v) is 3.08. The van der Waals surface area contributed by atoms with Gasteiger partial charge in [-0.25, -0.2) is 0 Å². The first-order valence-corrected chi connectivity index (χ1v) is 6.58. The summed E-state index contributed by atoms with van der Waals surface area (Å²) in [6, 6.07) is 15.0. The van der Waals surface area contributed by atoms with Crippen LogP contribution in [0, 0.1) is 0 Å². The number of halogens is 2. The number of hydrogen-bond donors (Lipinski definition) is 0. The molecule has 2 rings (SSSR count). The van der Waals surface area contributed by atoms with Crippen molar-refractivity contribution in [1.82, 2.24) is 0 Å². The van der Waals surface area contributed by atoms with Gasteiger partial charge in [-0.3, -0.25) is 0 Å². The van der Waals surface area contributed by atoms with Gasteiger partial charge in [-0.05, 0) is 36.8 Å². The summed E-state index contributed by atoms with van der Waals surface area (Å²) in [4.78, 5) is 5.32. The van der Waals surface area contributed by atoms with Crippen LogP contribution < -0.4 is 0 Å². The van der Waals surface area contributed by atoms with Crippen molar-refractivity contribution in [2.75, 3.05) is 0 Å². The van der Waals surface area contributed by atoms with Crippen LogP contribution in [0.2, 0.25) is 10.0 Å². The van der Waals surface area contributed by atoms with E-state index in [1.54, 1.807) is 0 Å². The first-order valence-electron chi connectivity index (χ1n) is 5.82. The molecule has 0 aliphatic rings. The SMILES string of the molecule is C/C(=N\OCc1ccc(Cl)cc1)c1cccc(Cl)c1. The van der Waals surface area contributed by atoms with E-state index in [1.165, 1.54) is 0 Å². The van der Waals surface area contributed by atoms with E-state index in [0.717, 1.165) is 16.8 Å². The molecule has 0 N–H and O–H groups in total. The molecule has 0 aromatic heterocycles. The van der Waals surface area contributed by atoms with Gasteiger partial charge < -0.3 is 4.84 Å². The summed E-state index contributed by atoms with van der Waals surface area (Å²) >= 11 is 11.7. The van der Waals surface area contributed by atoms with E-state index >= 15 is 0 Å². The second-order valence-electron chi connectivity index (χ2n) is 4.09. The lowest BCUT2D eigenvalue weighted by Crippen LogP contribution is -1.96. The maximum absolute atomic E-state index is 5.93. The second kappa shape index (κ2) is 6.60. The van der Waals surface area contributed by atoms with Crippen molar-refractivity contribution >= 4 is 28.9 Å². The summed E-state index contributed by atoms with van der Waals surface area (Å²) in [5.41, 5.74) is 2.76. The number of benzene rings is 2. The number of hydrogen-bond acceptors (Lipinski definition) is 2. The summed E-state index contributed by atoms with van der Waals surface area (Å²) in [6.45, 7) is 2.29. The summed E-state index contributed by atoms with van der Waals surface area (Å²) < 4.78 is 0. The van der Waals surface area contributed by atoms with E-state index in [4.69, 9.17) is 28.0 Å². The summed E-state index contributed by atoms with van der Waals surface area (Å²) in [7, 11) is 0. The number of nitrogens with zero attached hydrogens (tertiary/aromatic N) is 1. The van der Waals surface area contributed by atoms with Gasteiger partial charge in [0.15, 0.2) is 0 Å². The number of rotatable bonds is 4. The Morgan fingerprint density at radius 3 is 2.47 bits per heavy atom. The molecule has 0 fully saturated rings. The molecule has 4 heteroatoms. The van der Waals surface area contributed by atoms with Crippen molar-refractivity contribution < 1.29 is 4.84 Å². The van der Waals surface area contributed by atoms with Crippen LogP contribution in [0.1, 0.15) is 18.1 Å². The van der Waals surface area contributed by atoms with Crippen LogP contribution in [0.4, 0.5) is 0 Å². The van der Waals surface area contributed by atoms with E-state index in [9.17, 15) is 0 Å². The Labute approximate surface area is 122 Å². The van der Waals surface area contributed by atoms with Gasteiger partial charge in [-0.2, -0.15) is 0 Å². The highest BCUT2D eigenvalue weighted by atomic mass is 35.5. The van der Waals surface area contributed by atoms with Crippen LogP contribution in [-0.4, -0.2) is 5.71 Å². The monoisotopic (exact) mass is 293 g/mol. The normalized spacial score (nSPS) is 11.4.